The van der Waals surface area contributed by atoms with E-state index in [2.05, 4.69) is 5.32 Å². The lowest BCUT2D eigenvalue weighted by atomic mass is 10.2. The highest BCUT2D eigenvalue weighted by Crippen LogP contribution is 2.18. The van der Waals surface area contributed by atoms with E-state index in [0.717, 1.165) is 5.69 Å². The molecule has 0 unspecified atom stereocenters. The van der Waals surface area contributed by atoms with Gasteiger partial charge >= 0.3 is 0 Å². The molecule has 0 aliphatic heterocycles. The number of nitrogens with one attached hydrogen (secondary N) is 1. The zero-order valence-corrected chi connectivity index (χ0v) is 9.50. The number of anilines is 1. The van der Waals surface area contributed by atoms with Crippen LogP contribution in [0.15, 0.2) is 36.7 Å². The van der Waals surface area contributed by atoms with Gasteiger partial charge in [-0.1, -0.05) is 6.07 Å². The van der Waals surface area contributed by atoms with E-state index in [4.69, 9.17) is 0 Å². The van der Waals surface area contributed by atoms with Crippen LogP contribution in [0.25, 0.3) is 0 Å². The van der Waals surface area contributed by atoms with Crippen LogP contribution in [-0.4, -0.2) is 4.57 Å². The van der Waals surface area contributed by atoms with Crippen molar-refractivity contribution in [3.8, 4) is 0 Å². The molecular weight excluding hydrogens is 203 g/mol. The summed E-state index contributed by atoms with van der Waals surface area (Å²) in [5.74, 6) is -0.168. The Balaban J connectivity index is 2.07. The third-order valence-corrected chi connectivity index (χ3v) is 2.64. The van der Waals surface area contributed by atoms with Crippen LogP contribution < -0.4 is 5.32 Å². The van der Waals surface area contributed by atoms with Crippen LogP contribution in [0.1, 0.15) is 11.1 Å². The lowest BCUT2D eigenvalue weighted by Gasteiger charge is -2.08. The summed E-state index contributed by atoms with van der Waals surface area (Å²) in [6.07, 6.45) is 4.04. The number of rotatable bonds is 3. The van der Waals surface area contributed by atoms with Crippen LogP contribution in [0.5, 0.6) is 0 Å². The van der Waals surface area contributed by atoms with E-state index in [1.807, 2.05) is 36.1 Å². The van der Waals surface area contributed by atoms with E-state index in [9.17, 15) is 4.39 Å². The van der Waals surface area contributed by atoms with Gasteiger partial charge in [-0.3, -0.25) is 0 Å². The van der Waals surface area contributed by atoms with E-state index in [-0.39, 0.29) is 5.82 Å². The van der Waals surface area contributed by atoms with Crippen molar-refractivity contribution in [1.29, 1.82) is 0 Å². The van der Waals surface area contributed by atoms with Crippen LogP contribution in [0.2, 0.25) is 0 Å². The normalized spacial score (nSPS) is 10.4. The molecule has 0 radical (unpaired) electrons. The summed E-state index contributed by atoms with van der Waals surface area (Å²) in [6.45, 7) is 2.49. The summed E-state index contributed by atoms with van der Waals surface area (Å²) in [7, 11) is 1.98. The number of benzene rings is 1. The minimum Gasteiger partial charge on any atom is -0.381 e. The number of aromatic nitrogens is 1. The van der Waals surface area contributed by atoms with Gasteiger partial charge in [0.25, 0.3) is 0 Å². The maximum absolute atomic E-state index is 13.3. The zero-order valence-electron chi connectivity index (χ0n) is 9.50. The summed E-state index contributed by atoms with van der Waals surface area (Å²) >= 11 is 0. The Kier molecular flexibility index (Phi) is 2.95. The number of aryl methyl sites for hydroxylation is 1. The molecule has 1 aromatic carbocycles. The fraction of sp³-hybridized carbons (Fsp3) is 0.231. The second-order valence-corrected chi connectivity index (χ2v) is 3.95. The minimum atomic E-state index is -0.168. The quantitative estimate of drug-likeness (QED) is 0.837. The number of hydrogen-bond acceptors (Lipinski definition) is 1. The molecular formula is C13H15FN2. The highest BCUT2D eigenvalue weighted by molar-refractivity contribution is 5.51. The Hall–Kier alpha value is -1.77. The molecule has 16 heavy (non-hydrogen) atoms. The Morgan fingerprint density at radius 2 is 2.12 bits per heavy atom. The second kappa shape index (κ2) is 4.39. The molecule has 0 aliphatic carbocycles. The average Bonchev–Trinajstić information content (AvgIpc) is 2.67. The maximum Gasteiger partial charge on any atom is 0.128 e. The zero-order chi connectivity index (χ0) is 11.5. The van der Waals surface area contributed by atoms with Crippen molar-refractivity contribution in [3.63, 3.8) is 0 Å². The maximum atomic E-state index is 13.3. The van der Waals surface area contributed by atoms with E-state index >= 15 is 0 Å². The molecule has 0 fully saturated rings. The van der Waals surface area contributed by atoms with Crippen molar-refractivity contribution in [2.24, 2.45) is 7.05 Å². The van der Waals surface area contributed by atoms with Gasteiger partial charge in [0.2, 0.25) is 0 Å². The van der Waals surface area contributed by atoms with Crippen molar-refractivity contribution < 1.29 is 4.39 Å². The third kappa shape index (κ3) is 2.24. The summed E-state index contributed by atoms with van der Waals surface area (Å²) in [5, 5.41) is 3.23. The minimum absolute atomic E-state index is 0.168. The topological polar surface area (TPSA) is 17.0 Å². The monoisotopic (exact) mass is 218 g/mol. The Morgan fingerprint density at radius 3 is 2.81 bits per heavy atom. The van der Waals surface area contributed by atoms with Crippen LogP contribution >= 0.6 is 0 Å². The molecule has 2 aromatic rings. The lowest BCUT2D eigenvalue weighted by molar-refractivity contribution is 0.619. The predicted octanol–water partition coefficient (Wildman–Crippen LogP) is 3.08. The number of nitrogens with zero attached hydrogens (tertiary/aromatic N) is 1. The first-order valence-corrected chi connectivity index (χ1v) is 5.26. The largest absolute Gasteiger partial charge is 0.381 e. The van der Waals surface area contributed by atoms with E-state index < -0.39 is 0 Å². The van der Waals surface area contributed by atoms with Crippen LogP contribution in [-0.2, 0) is 13.6 Å². The molecule has 0 saturated heterocycles. The molecule has 1 N–H and O–H groups in total. The summed E-state index contributed by atoms with van der Waals surface area (Å²) in [4.78, 5) is 0. The van der Waals surface area contributed by atoms with Crippen molar-refractivity contribution in [3.05, 3.63) is 53.6 Å². The van der Waals surface area contributed by atoms with Gasteiger partial charge in [-0.05, 0) is 30.7 Å². The first-order valence-electron chi connectivity index (χ1n) is 5.26. The first-order chi connectivity index (χ1) is 7.66. The Labute approximate surface area is 94.7 Å². The fourth-order valence-corrected chi connectivity index (χ4v) is 1.66. The third-order valence-electron chi connectivity index (χ3n) is 2.64. The average molecular weight is 218 g/mol. The van der Waals surface area contributed by atoms with Crippen LogP contribution in [0.3, 0.4) is 0 Å². The highest BCUT2D eigenvalue weighted by Gasteiger charge is 2.02. The van der Waals surface area contributed by atoms with E-state index in [0.29, 0.717) is 12.1 Å². The molecule has 1 aromatic heterocycles. The fourth-order valence-electron chi connectivity index (χ4n) is 1.66. The molecule has 3 heteroatoms. The van der Waals surface area contributed by atoms with Crippen molar-refractivity contribution in [2.75, 3.05) is 5.32 Å². The molecule has 0 spiro atoms. The molecule has 0 aliphatic rings. The van der Waals surface area contributed by atoms with Crippen molar-refractivity contribution in [2.45, 2.75) is 13.5 Å². The number of halogens is 1. The Morgan fingerprint density at radius 1 is 1.31 bits per heavy atom. The van der Waals surface area contributed by atoms with Gasteiger partial charge in [0.1, 0.15) is 5.82 Å². The second-order valence-electron chi connectivity index (χ2n) is 3.95. The van der Waals surface area contributed by atoms with Crippen molar-refractivity contribution in [1.82, 2.24) is 4.57 Å². The molecule has 1 heterocycles. The van der Waals surface area contributed by atoms with Gasteiger partial charge < -0.3 is 9.88 Å². The summed E-state index contributed by atoms with van der Waals surface area (Å²) < 4.78 is 15.3. The molecule has 0 saturated carbocycles. The Bertz CT molecular complexity index is 488. The van der Waals surface area contributed by atoms with Crippen molar-refractivity contribution >= 4 is 5.69 Å². The lowest BCUT2D eigenvalue weighted by Crippen LogP contribution is -2.01. The molecule has 2 rings (SSSR count). The predicted molar refractivity (Wildman–Crippen MR) is 63.9 cm³/mol. The summed E-state index contributed by atoms with van der Waals surface area (Å²) in [5.41, 5.74) is 2.70. The van der Waals surface area contributed by atoms with Gasteiger partial charge in [0.15, 0.2) is 0 Å². The standard InChI is InChI=1S/C13H15FN2/c1-10-12(14)4-3-5-13(10)15-8-11-6-7-16(2)9-11/h3-7,9,15H,8H2,1-2H3. The smallest absolute Gasteiger partial charge is 0.128 e. The molecule has 84 valence electrons. The van der Waals surface area contributed by atoms with Gasteiger partial charge in [-0.25, -0.2) is 4.39 Å². The van der Waals surface area contributed by atoms with Gasteiger partial charge in [-0.2, -0.15) is 0 Å². The van der Waals surface area contributed by atoms with Gasteiger partial charge in [-0.15, -0.1) is 0 Å². The van der Waals surface area contributed by atoms with E-state index in [1.165, 1.54) is 11.6 Å². The van der Waals surface area contributed by atoms with Gasteiger partial charge in [0.05, 0.1) is 0 Å². The molecule has 0 atom stereocenters. The summed E-state index contributed by atoms with van der Waals surface area (Å²) in [6, 6.07) is 7.13. The molecule has 0 amide bonds. The first kappa shape index (κ1) is 10.7. The molecule has 0 bridgehead atoms. The number of hydrogen-bond donors (Lipinski definition) is 1. The van der Waals surface area contributed by atoms with E-state index in [1.54, 1.807) is 13.0 Å². The molecule has 2 nitrogen and oxygen atoms in total. The highest BCUT2D eigenvalue weighted by atomic mass is 19.1. The SMILES string of the molecule is Cc1c(F)cccc1NCc1ccn(C)c1. The van der Waals surface area contributed by atoms with Crippen LogP contribution in [0.4, 0.5) is 10.1 Å². The van der Waals surface area contributed by atoms with Crippen LogP contribution in [0, 0.1) is 12.7 Å². The van der Waals surface area contributed by atoms with Gasteiger partial charge in [0, 0.05) is 37.2 Å².